The molecule has 2 aromatic carbocycles. The van der Waals surface area contributed by atoms with Crippen molar-refractivity contribution in [3.8, 4) is 17.6 Å². The van der Waals surface area contributed by atoms with E-state index in [0.29, 0.717) is 5.56 Å². The van der Waals surface area contributed by atoms with Crippen LogP contribution >= 0.6 is 0 Å². The van der Waals surface area contributed by atoms with Crippen molar-refractivity contribution in [1.82, 2.24) is 0 Å². The minimum Gasteiger partial charge on any atom is -0.492 e. The summed E-state index contributed by atoms with van der Waals surface area (Å²) in [4.78, 5) is 0. The number of methoxy groups -OCH3 is 1. The number of unbranched alkanes of at least 4 members (excludes halogenated alkanes) is 9. The molecule has 0 unspecified atom stereocenters. The van der Waals surface area contributed by atoms with Crippen LogP contribution in [0.3, 0.4) is 0 Å². The third kappa shape index (κ3) is 8.19. The lowest BCUT2D eigenvalue weighted by molar-refractivity contribution is 0.370. The second-order valence-corrected chi connectivity index (χ2v) is 7.82. The molecule has 0 fully saturated rings. The van der Waals surface area contributed by atoms with Crippen LogP contribution < -0.4 is 4.74 Å². The summed E-state index contributed by atoms with van der Waals surface area (Å²) in [6, 6.07) is 10.7. The summed E-state index contributed by atoms with van der Waals surface area (Å²) in [5.74, 6) is 3.78. The van der Waals surface area contributed by atoms with E-state index in [4.69, 9.17) is 4.74 Å². The summed E-state index contributed by atoms with van der Waals surface area (Å²) < 4.78 is 32.0. The molecule has 0 aliphatic heterocycles. The molecule has 0 amide bonds. The van der Waals surface area contributed by atoms with E-state index in [1.807, 2.05) is 12.1 Å². The maximum atomic E-state index is 13.8. The van der Waals surface area contributed by atoms with Crippen molar-refractivity contribution in [3.05, 3.63) is 64.7 Å². The molecule has 0 saturated carbocycles. The van der Waals surface area contributed by atoms with Crippen LogP contribution in [-0.4, -0.2) is 7.11 Å². The molecule has 0 radical (unpaired) electrons. The molecule has 30 heavy (non-hydrogen) atoms. The smallest absolute Gasteiger partial charge is 0.201 e. The Kier molecular flexibility index (Phi) is 11.0. The van der Waals surface area contributed by atoms with Crippen LogP contribution in [0.2, 0.25) is 0 Å². The van der Waals surface area contributed by atoms with E-state index < -0.39 is 11.6 Å². The first-order valence-electron chi connectivity index (χ1n) is 11.3. The molecule has 0 N–H and O–H groups in total. The van der Waals surface area contributed by atoms with Gasteiger partial charge in [0.25, 0.3) is 0 Å². The van der Waals surface area contributed by atoms with Gasteiger partial charge in [0.2, 0.25) is 5.82 Å². The maximum Gasteiger partial charge on any atom is 0.201 e. The van der Waals surface area contributed by atoms with E-state index in [2.05, 4.69) is 30.9 Å². The lowest BCUT2D eigenvalue weighted by Crippen LogP contribution is -1.95. The van der Waals surface area contributed by atoms with Crippen molar-refractivity contribution in [2.24, 2.45) is 0 Å². The fraction of sp³-hybridized carbons (Fsp3) is 0.481. The fourth-order valence-electron chi connectivity index (χ4n) is 3.54. The Balaban J connectivity index is 1.73. The molecule has 3 heteroatoms. The zero-order chi connectivity index (χ0) is 21.6. The van der Waals surface area contributed by atoms with Gasteiger partial charge in [-0.05, 0) is 42.7 Å². The Hall–Kier alpha value is -2.34. The van der Waals surface area contributed by atoms with E-state index in [-0.39, 0.29) is 5.75 Å². The van der Waals surface area contributed by atoms with Gasteiger partial charge in [0.1, 0.15) is 0 Å². The molecule has 0 spiro atoms. The molecule has 0 heterocycles. The summed E-state index contributed by atoms with van der Waals surface area (Å²) in [6.07, 6.45) is 14.5. The van der Waals surface area contributed by atoms with Gasteiger partial charge in [-0.2, -0.15) is 4.39 Å². The molecule has 0 atom stereocenters. The van der Waals surface area contributed by atoms with E-state index in [0.717, 1.165) is 18.1 Å². The highest BCUT2D eigenvalue weighted by Crippen LogP contribution is 2.24. The molecule has 2 rings (SSSR count). The normalized spacial score (nSPS) is 10.5. The van der Waals surface area contributed by atoms with Gasteiger partial charge in [-0.1, -0.05) is 88.7 Å². The SMILES string of the molecule is CCCCCCCCCCCCc1ccc(C#Cc2ccc(F)c(F)c2OC)cc1. The van der Waals surface area contributed by atoms with Crippen molar-refractivity contribution in [1.29, 1.82) is 0 Å². The predicted octanol–water partition coefficient (Wildman–Crippen LogP) is 7.84. The monoisotopic (exact) mass is 412 g/mol. The number of hydrogen-bond acceptors (Lipinski definition) is 1. The van der Waals surface area contributed by atoms with Crippen molar-refractivity contribution in [2.45, 2.75) is 77.6 Å². The van der Waals surface area contributed by atoms with E-state index >= 15 is 0 Å². The Morgan fingerprint density at radius 2 is 1.33 bits per heavy atom. The van der Waals surface area contributed by atoms with E-state index in [1.165, 1.54) is 82.9 Å². The molecule has 0 aliphatic rings. The molecule has 162 valence electrons. The molecule has 0 saturated heterocycles. The number of hydrogen-bond donors (Lipinski definition) is 0. The Bertz CT molecular complexity index is 815. The number of aryl methyl sites for hydroxylation is 1. The first-order chi connectivity index (χ1) is 14.7. The molecule has 1 nitrogen and oxygen atoms in total. The summed E-state index contributed by atoms with van der Waals surface area (Å²) in [6.45, 7) is 2.26. The van der Waals surface area contributed by atoms with Gasteiger partial charge in [0.15, 0.2) is 11.6 Å². The van der Waals surface area contributed by atoms with Crippen LogP contribution in [0, 0.1) is 23.5 Å². The van der Waals surface area contributed by atoms with Crippen LogP contribution in [0.25, 0.3) is 0 Å². The molecular weight excluding hydrogens is 378 g/mol. The summed E-state index contributed by atoms with van der Waals surface area (Å²) in [5.41, 5.74) is 2.49. The molecule has 2 aromatic rings. The second kappa shape index (κ2) is 13.8. The zero-order valence-electron chi connectivity index (χ0n) is 18.4. The van der Waals surface area contributed by atoms with Crippen molar-refractivity contribution >= 4 is 0 Å². The first-order valence-corrected chi connectivity index (χ1v) is 11.3. The highest BCUT2D eigenvalue weighted by Gasteiger charge is 2.12. The minimum absolute atomic E-state index is 0.153. The van der Waals surface area contributed by atoms with Gasteiger partial charge < -0.3 is 4.74 Å². The lowest BCUT2D eigenvalue weighted by atomic mass is 10.0. The fourth-order valence-corrected chi connectivity index (χ4v) is 3.54. The Morgan fingerprint density at radius 1 is 0.733 bits per heavy atom. The lowest BCUT2D eigenvalue weighted by Gasteiger charge is -2.05. The summed E-state index contributed by atoms with van der Waals surface area (Å²) in [7, 11) is 1.31. The summed E-state index contributed by atoms with van der Waals surface area (Å²) in [5, 5.41) is 0. The maximum absolute atomic E-state index is 13.8. The van der Waals surface area contributed by atoms with Gasteiger partial charge in [-0.15, -0.1) is 0 Å². The molecule has 0 aromatic heterocycles. The van der Waals surface area contributed by atoms with Crippen LogP contribution in [0.1, 0.15) is 87.8 Å². The number of ether oxygens (including phenoxy) is 1. The Morgan fingerprint density at radius 3 is 1.93 bits per heavy atom. The molecule has 0 bridgehead atoms. The first kappa shape index (κ1) is 23.9. The standard InChI is InChI=1S/C27H34F2O/c1-3-4-5-6-7-8-9-10-11-12-13-22-14-16-23(17-15-22)18-19-24-20-21-25(28)26(29)27(24)30-2/h14-17,20-21H,3-13H2,1-2H3. The van der Waals surface area contributed by atoms with Crippen molar-refractivity contribution < 1.29 is 13.5 Å². The highest BCUT2D eigenvalue weighted by atomic mass is 19.2. The largest absolute Gasteiger partial charge is 0.492 e. The molecule has 0 aliphatic carbocycles. The second-order valence-electron chi connectivity index (χ2n) is 7.82. The highest BCUT2D eigenvalue weighted by molar-refractivity contribution is 5.50. The average molecular weight is 413 g/mol. The third-order valence-electron chi connectivity index (χ3n) is 5.37. The predicted molar refractivity (Wildman–Crippen MR) is 121 cm³/mol. The Labute approximate surface area is 180 Å². The van der Waals surface area contributed by atoms with Gasteiger partial charge in [-0.3, -0.25) is 0 Å². The zero-order valence-corrected chi connectivity index (χ0v) is 18.4. The topological polar surface area (TPSA) is 9.23 Å². The van der Waals surface area contributed by atoms with Gasteiger partial charge in [-0.25, -0.2) is 4.39 Å². The van der Waals surface area contributed by atoms with Gasteiger partial charge in [0, 0.05) is 5.56 Å². The third-order valence-corrected chi connectivity index (χ3v) is 5.37. The van der Waals surface area contributed by atoms with E-state index in [9.17, 15) is 8.78 Å². The van der Waals surface area contributed by atoms with Crippen LogP contribution in [-0.2, 0) is 6.42 Å². The van der Waals surface area contributed by atoms with Crippen LogP contribution in [0.5, 0.6) is 5.75 Å². The van der Waals surface area contributed by atoms with Crippen molar-refractivity contribution in [3.63, 3.8) is 0 Å². The van der Waals surface area contributed by atoms with Crippen LogP contribution in [0.15, 0.2) is 36.4 Å². The number of rotatable bonds is 12. The number of halogens is 2. The average Bonchev–Trinajstić information content (AvgIpc) is 2.76. The van der Waals surface area contributed by atoms with Gasteiger partial charge in [0.05, 0.1) is 12.7 Å². The molecular formula is C27H34F2O. The number of benzene rings is 2. The summed E-state index contributed by atoms with van der Waals surface area (Å²) >= 11 is 0. The van der Waals surface area contributed by atoms with Crippen LogP contribution in [0.4, 0.5) is 8.78 Å². The minimum atomic E-state index is -1.00. The van der Waals surface area contributed by atoms with Crippen molar-refractivity contribution in [2.75, 3.05) is 7.11 Å². The van der Waals surface area contributed by atoms with E-state index in [1.54, 1.807) is 0 Å². The quantitative estimate of drug-likeness (QED) is 0.255. The van der Waals surface area contributed by atoms with Gasteiger partial charge >= 0.3 is 0 Å².